The van der Waals surface area contributed by atoms with E-state index in [1.807, 2.05) is 0 Å². The lowest BCUT2D eigenvalue weighted by Crippen LogP contribution is -2.14. The maximum absolute atomic E-state index is 12.5. The van der Waals surface area contributed by atoms with Crippen molar-refractivity contribution in [3.05, 3.63) is 44.2 Å². The minimum atomic E-state index is -4.03. The number of hydrogen-bond acceptors (Lipinski definition) is 5. The van der Waals surface area contributed by atoms with Gasteiger partial charge in [0.05, 0.1) is 31.9 Å². The van der Waals surface area contributed by atoms with Crippen molar-refractivity contribution in [2.75, 3.05) is 4.72 Å². The second kappa shape index (κ2) is 5.82. The summed E-state index contributed by atoms with van der Waals surface area (Å²) in [6, 6.07) is 2.18. The number of aromatic nitrogens is 2. The molecular weight excluding hydrogens is 344 g/mol. The topological polar surface area (TPSA) is 107 Å². The van der Waals surface area contributed by atoms with Crippen molar-refractivity contribution in [1.29, 1.82) is 0 Å². The zero-order valence-electron chi connectivity index (χ0n) is 12.9. The second-order valence-electron chi connectivity index (χ2n) is 5.08. The van der Waals surface area contributed by atoms with E-state index < -0.39 is 14.9 Å². The molecule has 1 aromatic carbocycles. The Morgan fingerprint density at radius 2 is 1.91 bits per heavy atom. The smallest absolute Gasteiger partial charge is 0.275 e. The van der Waals surface area contributed by atoms with Gasteiger partial charge in [-0.15, -0.1) is 0 Å². The van der Waals surface area contributed by atoms with Gasteiger partial charge in [0.15, 0.2) is 0 Å². The predicted molar refractivity (Wildman–Crippen MR) is 86.3 cm³/mol. The van der Waals surface area contributed by atoms with Gasteiger partial charge in [0, 0.05) is 18.7 Å². The van der Waals surface area contributed by atoms with Crippen LogP contribution < -0.4 is 4.72 Å². The van der Waals surface area contributed by atoms with E-state index in [4.69, 9.17) is 11.6 Å². The van der Waals surface area contributed by atoms with Crippen molar-refractivity contribution >= 4 is 33.0 Å². The Bertz CT molecular complexity index is 905. The Balaban J connectivity index is 2.54. The lowest BCUT2D eigenvalue weighted by atomic mass is 10.2. The van der Waals surface area contributed by atoms with Gasteiger partial charge in [-0.25, -0.2) is 8.42 Å². The molecule has 0 fully saturated rings. The molecule has 8 nitrogen and oxygen atoms in total. The molecule has 0 unspecified atom stereocenters. The monoisotopic (exact) mass is 358 g/mol. The predicted octanol–water partition coefficient (Wildman–Crippen LogP) is 2.71. The van der Waals surface area contributed by atoms with Crippen LogP contribution in [0.25, 0.3) is 0 Å². The molecule has 10 heteroatoms. The van der Waals surface area contributed by atoms with Gasteiger partial charge < -0.3 is 0 Å². The summed E-state index contributed by atoms with van der Waals surface area (Å²) in [6.45, 7) is 4.83. The van der Waals surface area contributed by atoms with Crippen molar-refractivity contribution in [2.24, 2.45) is 7.05 Å². The summed E-state index contributed by atoms with van der Waals surface area (Å²) in [6.07, 6.45) is 0. The summed E-state index contributed by atoms with van der Waals surface area (Å²) in [5, 5.41) is 15.2. The average molecular weight is 359 g/mol. The van der Waals surface area contributed by atoms with Gasteiger partial charge in [-0.3, -0.25) is 19.5 Å². The highest BCUT2D eigenvalue weighted by Gasteiger charge is 2.24. The number of benzene rings is 1. The SMILES string of the molecule is Cc1nn(C)c(C)c1NS(=O)(=O)c1cc(Cl)c(C)c([N+](=O)[O-])c1. The number of nitrogens with zero attached hydrogens (tertiary/aromatic N) is 3. The molecular formula is C13H15ClN4O4S. The van der Waals surface area contributed by atoms with Crippen LogP contribution in [-0.4, -0.2) is 23.1 Å². The summed E-state index contributed by atoms with van der Waals surface area (Å²) >= 11 is 5.93. The number of aryl methyl sites for hydroxylation is 2. The molecule has 0 aliphatic heterocycles. The van der Waals surface area contributed by atoms with Gasteiger partial charge in [0.1, 0.15) is 0 Å². The maximum atomic E-state index is 12.5. The first-order valence-corrected chi connectivity index (χ1v) is 8.38. The highest BCUT2D eigenvalue weighted by molar-refractivity contribution is 7.92. The molecule has 0 bridgehead atoms. The van der Waals surface area contributed by atoms with Crippen LogP contribution in [0, 0.1) is 30.9 Å². The largest absolute Gasteiger partial charge is 0.276 e. The third-order valence-corrected chi connectivity index (χ3v) is 5.26. The molecule has 0 radical (unpaired) electrons. The van der Waals surface area contributed by atoms with Crippen LogP contribution >= 0.6 is 11.6 Å². The minimum absolute atomic E-state index is 0.0132. The lowest BCUT2D eigenvalue weighted by Gasteiger charge is -2.10. The zero-order valence-corrected chi connectivity index (χ0v) is 14.5. The van der Waals surface area contributed by atoms with Crippen LogP contribution in [0.1, 0.15) is 17.0 Å². The fourth-order valence-electron chi connectivity index (χ4n) is 2.10. The second-order valence-corrected chi connectivity index (χ2v) is 7.17. The maximum Gasteiger partial charge on any atom is 0.275 e. The molecule has 124 valence electrons. The molecule has 1 heterocycles. The van der Waals surface area contributed by atoms with Crippen LogP contribution in [0.4, 0.5) is 11.4 Å². The van der Waals surface area contributed by atoms with Crippen molar-refractivity contribution in [2.45, 2.75) is 25.7 Å². The van der Waals surface area contributed by atoms with E-state index in [1.54, 1.807) is 20.9 Å². The summed E-state index contributed by atoms with van der Waals surface area (Å²) < 4.78 is 29.0. The number of nitrogens with one attached hydrogen (secondary N) is 1. The summed E-state index contributed by atoms with van der Waals surface area (Å²) in [4.78, 5) is 10.1. The Morgan fingerprint density at radius 1 is 1.30 bits per heavy atom. The molecule has 2 rings (SSSR count). The van der Waals surface area contributed by atoms with Gasteiger partial charge in [0.2, 0.25) is 0 Å². The molecule has 0 aliphatic rings. The number of halogens is 1. The van der Waals surface area contributed by atoms with E-state index in [-0.39, 0.29) is 21.2 Å². The van der Waals surface area contributed by atoms with Crippen LogP contribution in [0.2, 0.25) is 5.02 Å². The van der Waals surface area contributed by atoms with E-state index in [0.29, 0.717) is 17.1 Å². The quantitative estimate of drug-likeness (QED) is 0.667. The standard InChI is InChI=1S/C13H15ClN4O4S/c1-7-11(14)5-10(6-12(7)18(19)20)23(21,22)16-13-8(2)15-17(4)9(13)3/h5-6,16H,1-4H3. The average Bonchev–Trinajstić information content (AvgIpc) is 2.67. The highest BCUT2D eigenvalue weighted by Crippen LogP contribution is 2.31. The third kappa shape index (κ3) is 3.15. The minimum Gasteiger partial charge on any atom is -0.276 e. The highest BCUT2D eigenvalue weighted by atomic mass is 35.5. The molecule has 23 heavy (non-hydrogen) atoms. The summed E-state index contributed by atoms with van der Waals surface area (Å²) in [5.41, 5.74) is 1.33. The first-order chi connectivity index (χ1) is 10.5. The number of hydrogen-bond donors (Lipinski definition) is 1. The molecule has 1 N–H and O–H groups in total. The molecule has 0 spiro atoms. The first-order valence-electron chi connectivity index (χ1n) is 6.52. The summed E-state index contributed by atoms with van der Waals surface area (Å²) in [7, 11) is -2.34. The van der Waals surface area contributed by atoms with E-state index in [1.165, 1.54) is 17.7 Å². The van der Waals surface area contributed by atoms with Crippen LogP contribution in [0.3, 0.4) is 0 Å². The third-order valence-electron chi connectivity index (χ3n) is 3.54. The number of anilines is 1. The molecule has 0 saturated heterocycles. The van der Waals surface area contributed by atoms with Gasteiger partial charge >= 0.3 is 0 Å². The molecule has 0 atom stereocenters. The Morgan fingerprint density at radius 3 is 2.39 bits per heavy atom. The Hall–Kier alpha value is -2.13. The van der Waals surface area contributed by atoms with Crippen molar-refractivity contribution in [3.63, 3.8) is 0 Å². The zero-order chi connectivity index (χ0) is 17.5. The fourth-order valence-corrected chi connectivity index (χ4v) is 3.60. The van der Waals surface area contributed by atoms with Crippen LogP contribution in [0.5, 0.6) is 0 Å². The van der Waals surface area contributed by atoms with E-state index in [0.717, 1.165) is 6.07 Å². The van der Waals surface area contributed by atoms with Crippen LogP contribution in [-0.2, 0) is 17.1 Å². The van der Waals surface area contributed by atoms with E-state index in [9.17, 15) is 18.5 Å². The molecule has 1 aromatic heterocycles. The molecule has 0 aliphatic carbocycles. The summed E-state index contributed by atoms with van der Waals surface area (Å²) in [5.74, 6) is 0. The Labute approximate surface area is 138 Å². The molecule has 0 amide bonds. The van der Waals surface area contributed by atoms with Crippen molar-refractivity contribution in [3.8, 4) is 0 Å². The number of nitro groups is 1. The van der Waals surface area contributed by atoms with E-state index >= 15 is 0 Å². The fraction of sp³-hybridized carbons (Fsp3) is 0.308. The van der Waals surface area contributed by atoms with Gasteiger partial charge in [0.25, 0.3) is 15.7 Å². The number of rotatable bonds is 4. The van der Waals surface area contributed by atoms with Crippen LogP contribution in [0.15, 0.2) is 17.0 Å². The Kier molecular flexibility index (Phi) is 4.36. The first kappa shape index (κ1) is 17.2. The number of nitro benzene ring substituents is 1. The van der Waals surface area contributed by atoms with Gasteiger partial charge in [-0.2, -0.15) is 5.10 Å². The molecule has 0 saturated carbocycles. The normalized spacial score (nSPS) is 11.5. The van der Waals surface area contributed by atoms with Gasteiger partial charge in [-0.05, 0) is 26.8 Å². The van der Waals surface area contributed by atoms with Gasteiger partial charge in [-0.1, -0.05) is 11.6 Å². The van der Waals surface area contributed by atoms with Crippen molar-refractivity contribution < 1.29 is 13.3 Å². The molecule has 2 aromatic rings. The van der Waals surface area contributed by atoms with Crippen molar-refractivity contribution in [1.82, 2.24) is 9.78 Å². The number of sulfonamides is 1. The van der Waals surface area contributed by atoms with E-state index in [2.05, 4.69) is 9.82 Å². The lowest BCUT2D eigenvalue weighted by molar-refractivity contribution is -0.385.